The van der Waals surface area contributed by atoms with Crippen LogP contribution in [0.15, 0.2) is 0 Å². The number of hydrogen-bond acceptors (Lipinski definition) is 8. The molecule has 4 aliphatic heterocycles. The quantitative estimate of drug-likeness (QED) is 0.535. The first-order chi connectivity index (χ1) is 13.2. The molecule has 0 spiro atoms. The number of rotatable bonds is 4. The SMILES string of the molecule is CCN1[C@@H]2OC3O[C@@H]4[C@H](OC3O[C@@H]2N(CC)S1(=O)=O)N(CC)S(=O)(=O)N4CC. The Morgan fingerprint density at radius 2 is 0.750 bits per heavy atom. The van der Waals surface area contributed by atoms with Gasteiger partial charge in [-0.1, -0.05) is 27.7 Å². The Kier molecular flexibility index (Phi) is 5.27. The van der Waals surface area contributed by atoms with E-state index in [1.807, 2.05) is 0 Å². The summed E-state index contributed by atoms with van der Waals surface area (Å²) in [6, 6.07) is 0. The van der Waals surface area contributed by atoms with Crippen LogP contribution in [0, 0.1) is 0 Å². The molecule has 4 heterocycles. The summed E-state index contributed by atoms with van der Waals surface area (Å²) in [6.07, 6.45) is -5.69. The van der Waals surface area contributed by atoms with Gasteiger partial charge in [0.2, 0.25) is 12.6 Å². The largest absolute Gasteiger partial charge is 0.324 e. The number of hydrogen-bond donors (Lipinski definition) is 0. The lowest BCUT2D eigenvalue weighted by Gasteiger charge is -2.45. The monoisotopic (exact) mass is 442 g/mol. The van der Waals surface area contributed by atoms with E-state index in [0.29, 0.717) is 0 Å². The van der Waals surface area contributed by atoms with Crippen molar-refractivity contribution in [3.63, 3.8) is 0 Å². The predicted molar refractivity (Wildman–Crippen MR) is 94.4 cm³/mol. The highest BCUT2D eigenvalue weighted by molar-refractivity contribution is 7.87. The molecule has 4 fully saturated rings. The van der Waals surface area contributed by atoms with Crippen molar-refractivity contribution in [2.45, 2.75) is 65.2 Å². The highest BCUT2D eigenvalue weighted by Crippen LogP contribution is 2.42. The van der Waals surface area contributed by atoms with Crippen molar-refractivity contribution < 1.29 is 35.8 Å². The van der Waals surface area contributed by atoms with E-state index in [4.69, 9.17) is 18.9 Å². The van der Waals surface area contributed by atoms with E-state index >= 15 is 0 Å². The van der Waals surface area contributed by atoms with Crippen molar-refractivity contribution in [3.8, 4) is 0 Å². The molecule has 0 bridgehead atoms. The molecular weight excluding hydrogens is 416 g/mol. The maximum atomic E-state index is 12.7. The molecule has 0 radical (unpaired) electrons. The summed E-state index contributed by atoms with van der Waals surface area (Å²) in [5.41, 5.74) is 0. The second-order valence-electron chi connectivity index (χ2n) is 6.67. The van der Waals surface area contributed by atoms with Crippen molar-refractivity contribution in [1.82, 2.24) is 17.2 Å². The van der Waals surface area contributed by atoms with E-state index in [9.17, 15) is 16.8 Å². The molecule has 4 aliphatic rings. The Hall–Kier alpha value is -0.420. The Morgan fingerprint density at radius 1 is 0.536 bits per heavy atom. The van der Waals surface area contributed by atoms with Gasteiger partial charge in [-0.15, -0.1) is 0 Å². The summed E-state index contributed by atoms with van der Waals surface area (Å²) < 4.78 is 79.4. The maximum Gasteiger partial charge on any atom is 0.286 e. The lowest BCUT2D eigenvalue weighted by atomic mass is 10.3. The lowest BCUT2D eigenvalue weighted by molar-refractivity contribution is -0.439. The zero-order chi connectivity index (χ0) is 20.4. The summed E-state index contributed by atoms with van der Waals surface area (Å²) in [5.74, 6) is 0. The molecular formula is C14H26N4O8S2. The molecule has 0 saturated carbocycles. The van der Waals surface area contributed by atoms with Gasteiger partial charge in [-0.05, 0) is 0 Å². The summed E-state index contributed by atoms with van der Waals surface area (Å²) >= 11 is 0. The van der Waals surface area contributed by atoms with Crippen molar-refractivity contribution >= 4 is 20.4 Å². The van der Waals surface area contributed by atoms with E-state index in [2.05, 4.69) is 0 Å². The zero-order valence-electron chi connectivity index (χ0n) is 16.2. The third kappa shape index (κ3) is 2.71. The average molecular weight is 443 g/mol. The number of fused-ring (bicyclic) bond motifs is 3. The molecule has 0 aromatic heterocycles. The fourth-order valence-corrected chi connectivity index (χ4v) is 7.66. The van der Waals surface area contributed by atoms with Crippen LogP contribution in [0.4, 0.5) is 0 Å². The molecule has 0 unspecified atom stereocenters. The van der Waals surface area contributed by atoms with Crippen LogP contribution in [-0.4, -0.2) is 97.7 Å². The summed E-state index contributed by atoms with van der Waals surface area (Å²) in [7, 11) is -7.47. The fraction of sp³-hybridized carbons (Fsp3) is 1.00. The van der Waals surface area contributed by atoms with Crippen LogP contribution in [0.1, 0.15) is 27.7 Å². The van der Waals surface area contributed by atoms with Crippen molar-refractivity contribution in [1.29, 1.82) is 0 Å². The van der Waals surface area contributed by atoms with E-state index < -0.39 is 57.9 Å². The minimum Gasteiger partial charge on any atom is -0.324 e. The van der Waals surface area contributed by atoms with Crippen molar-refractivity contribution in [2.75, 3.05) is 26.2 Å². The smallest absolute Gasteiger partial charge is 0.286 e. The Balaban J connectivity index is 1.64. The van der Waals surface area contributed by atoms with Gasteiger partial charge < -0.3 is 18.9 Å². The van der Waals surface area contributed by atoms with Gasteiger partial charge in [0.1, 0.15) is 0 Å². The van der Waals surface area contributed by atoms with E-state index in [0.717, 1.165) is 0 Å². The molecule has 4 saturated heterocycles. The second kappa shape index (κ2) is 7.08. The molecule has 4 atom stereocenters. The summed E-state index contributed by atoms with van der Waals surface area (Å²) in [4.78, 5) is 0. The molecule has 4 rings (SSSR count). The van der Waals surface area contributed by atoms with Gasteiger partial charge >= 0.3 is 0 Å². The third-order valence-electron chi connectivity index (χ3n) is 5.37. The molecule has 0 amide bonds. The average Bonchev–Trinajstić information content (AvgIpc) is 2.97. The molecule has 28 heavy (non-hydrogen) atoms. The van der Waals surface area contributed by atoms with E-state index in [1.54, 1.807) is 27.7 Å². The molecule has 0 aromatic rings. The molecule has 0 N–H and O–H groups in total. The standard InChI is InChI=1S/C14H26N4O8S2/c1-5-15-9-10(16(6-2)27(15,19)20)24-14-13(23-9)25-11-12(26-14)18(8-4)28(21,22)17(11)7-3/h9-14H,5-8H2,1-4H3/t9-,10+,11-,12+,13?,14?. The zero-order valence-corrected chi connectivity index (χ0v) is 17.8. The Morgan fingerprint density at radius 3 is 0.929 bits per heavy atom. The lowest BCUT2D eigenvalue weighted by Crippen LogP contribution is -2.62. The Bertz CT molecular complexity index is 703. The van der Waals surface area contributed by atoms with Crippen LogP contribution >= 0.6 is 0 Å². The fourth-order valence-electron chi connectivity index (χ4n) is 4.15. The molecule has 12 nitrogen and oxygen atoms in total. The van der Waals surface area contributed by atoms with Gasteiger partial charge in [0, 0.05) is 26.2 Å². The highest BCUT2D eigenvalue weighted by Gasteiger charge is 2.63. The van der Waals surface area contributed by atoms with Gasteiger partial charge in [0.25, 0.3) is 20.4 Å². The van der Waals surface area contributed by atoms with Crippen LogP contribution in [-0.2, 0) is 39.4 Å². The van der Waals surface area contributed by atoms with Gasteiger partial charge in [-0.2, -0.15) is 34.1 Å². The first-order valence-corrected chi connectivity index (χ1v) is 12.2. The van der Waals surface area contributed by atoms with Crippen LogP contribution in [0.25, 0.3) is 0 Å². The van der Waals surface area contributed by atoms with Gasteiger partial charge in [0.05, 0.1) is 0 Å². The van der Waals surface area contributed by atoms with E-state index in [-0.39, 0.29) is 26.2 Å². The van der Waals surface area contributed by atoms with Crippen LogP contribution in [0.2, 0.25) is 0 Å². The van der Waals surface area contributed by atoms with Gasteiger partial charge in [-0.3, -0.25) is 0 Å². The van der Waals surface area contributed by atoms with Crippen LogP contribution in [0.5, 0.6) is 0 Å². The predicted octanol–water partition coefficient (Wildman–Crippen LogP) is -1.16. The topological polar surface area (TPSA) is 118 Å². The first-order valence-electron chi connectivity index (χ1n) is 9.41. The normalized spacial score (nSPS) is 43.6. The Labute approximate surface area is 165 Å². The summed E-state index contributed by atoms with van der Waals surface area (Å²) in [6.45, 7) is 7.63. The minimum atomic E-state index is -3.73. The highest BCUT2D eigenvalue weighted by atomic mass is 32.2. The number of nitrogens with zero attached hydrogens (tertiary/aromatic N) is 4. The first kappa shape index (κ1) is 20.8. The molecule has 14 heteroatoms. The van der Waals surface area contributed by atoms with Crippen LogP contribution in [0.3, 0.4) is 0 Å². The molecule has 0 aromatic carbocycles. The van der Waals surface area contributed by atoms with Crippen molar-refractivity contribution in [3.05, 3.63) is 0 Å². The third-order valence-corrected chi connectivity index (χ3v) is 9.61. The van der Waals surface area contributed by atoms with Gasteiger partial charge in [-0.25, -0.2) is 0 Å². The van der Waals surface area contributed by atoms with E-state index in [1.165, 1.54) is 17.2 Å². The summed E-state index contributed by atoms with van der Waals surface area (Å²) in [5, 5.41) is 0. The number of ether oxygens (including phenoxy) is 4. The van der Waals surface area contributed by atoms with Crippen LogP contribution < -0.4 is 0 Å². The number of likely N-dealkylation sites (N-methyl/N-ethyl adjacent to an activating group) is 4. The second-order valence-corrected chi connectivity index (χ2v) is 10.3. The maximum absolute atomic E-state index is 12.7. The van der Waals surface area contributed by atoms with Crippen molar-refractivity contribution in [2.24, 2.45) is 0 Å². The minimum absolute atomic E-state index is 0.201. The molecule has 162 valence electrons. The van der Waals surface area contributed by atoms with Gasteiger partial charge in [0.15, 0.2) is 24.9 Å². The molecule has 0 aliphatic carbocycles.